The molecule has 1 aromatic heterocycles. The fourth-order valence-corrected chi connectivity index (χ4v) is 1.96. The summed E-state index contributed by atoms with van der Waals surface area (Å²) < 4.78 is 6.86. The Kier molecular flexibility index (Phi) is 8.30. The summed E-state index contributed by atoms with van der Waals surface area (Å²) in [5, 5.41) is 20.3. The third kappa shape index (κ3) is 5.55. The lowest BCUT2D eigenvalue weighted by Crippen LogP contribution is -2.37. The van der Waals surface area contributed by atoms with Crippen molar-refractivity contribution in [3.63, 3.8) is 0 Å². The highest BCUT2D eigenvalue weighted by atomic mass is 127. The zero-order chi connectivity index (χ0) is 16.7. The minimum absolute atomic E-state index is 0. The molecule has 1 heterocycles. The summed E-state index contributed by atoms with van der Waals surface area (Å²) in [5.41, 5.74) is 0.695. The number of aliphatic imine (C=N–C) groups is 1. The second kappa shape index (κ2) is 9.96. The topological polar surface area (TPSA) is 96.6 Å². The summed E-state index contributed by atoms with van der Waals surface area (Å²) in [6.45, 7) is 3.56. The number of phenolic OH excluding ortho intramolecular Hbond substituents is 1. The molecule has 0 radical (unpaired) electrons. The van der Waals surface area contributed by atoms with Crippen molar-refractivity contribution in [2.45, 2.75) is 20.0 Å². The number of nitrogens with zero attached hydrogens (tertiary/aromatic N) is 4. The van der Waals surface area contributed by atoms with Crippen LogP contribution in [0.3, 0.4) is 0 Å². The molecule has 132 valence electrons. The summed E-state index contributed by atoms with van der Waals surface area (Å²) in [5.74, 6) is 2.32. The molecular weight excluding hydrogens is 423 g/mol. The molecule has 1 aromatic carbocycles. The van der Waals surface area contributed by atoms with Crippen molar-refractivity contribution in [3.8, 4) is 11.5 Å². The van der Waals surface area contributed by atoms with Crippen LogP contribution in [0.1, 0.15) is 18.3 Å². The molecule has 0 saturated heterocycles. The molecule has 9 heteroatoms. The van der Waals surface area contributed by atoms with E-state index in [1.807, 2.05) is 14.0 Å². The Hall–Kier alpha value is -2.04. The summed E-state index contributed by atoms with van der Waals surface area (Å²) in [6.07, 6.45) is 1.51. The molecule has 0 aliphatic rings. The maximum absolute atomic E-state index is 9.90. The van der Waals surface area contributed by atoms with Crippen LogP contribution in [0, 0.1) is 0 Å². The first-order valence-electron chi connectivity index (χ1n) is 7.35. The van der Waals surface area contributed by atoms with E-state index in [1.165, 1.54) is 6.33 Å². The number of aromatic hydroxyl groups is 1. The molecular formula is C15H23IN6O2. The predicted molar refractivity (Wildman–Crippen MR) is 103 cm³/mol. The molecule has 0 aliphatic heterocycles. The Balaban J connectivity index is 0.00000288. The van der Waals surface area contributed by atoms with E-state index in [2.05, 4.69) is 25.7 Å². The highest BCUT2D eigenvalue weighted by Gasteiger charge is 2.05. The van der Waals surface area contributed by atoms with Gasteiger partial charge < -0.3 is 20.5 Å². The van der Waals surface area contributed by atoms with Crippen molar-refractivity contribution in [2.24, 2.45) is 12.0 Å². The van der Waals surface area contributed by atoms with Gasteiger partial charge in [-0.15, -0.1) is 24.0 Å². The van der Waals surface area contributed by atoms with Gasteiger partial charge in [0.2, 0.25) is 0 Å². The molecule has 0 amide bonds. The SMILES string of the molecule is CCNC(=NCc1cc(OC)ccc1O)NCc1ncnn1C.I. The standard InChI is InChI=1S/C15H22N6O2.HI/c1-4-16-15(18-9-14-19-10-20-21(14)2)17-8-11-7-12(23-3)5-6-13(11)22;/h5-7,10,22H,4,8-9H2,1-3H3,(H2,16,17,18);1H. The highest BCUT2D eigenvalue weighted by Crippen LogP contribution is 2.23. The zero-order valence-electron chi connectivity index (χ0n) is 14.0. The van der Waals surface area contributed by atoms with Crippen molar-refractivity contribution in [1.82, 2.24) is 25.4 Å². The van der Waals surface area contributed by atoms with Crippen LogP contribution < -0.4 is 15.4 Å². The number of hydrogen-bond acceptors (Lipinski definition) is 5. The molecule has 0 saturated carbocycles. The number of phenols is 1. The van der Waals surface area contributed by atoms with Gasteiger partial charge in [-0.05, 0) is 25.1 Å². The minimum atomic E-state index is 0. The lowest BCUT2D eigenvalue weighted by Gasteiger charge is -2.11. The van der Waals surface area contributed by atoms with Crippen molar-refractivity contribution in [2.75, 3.05) is 13.7 Å². The number of nitrogens with one attached hydrogen (secondary N) is 2. The van der Waals surface area contributed by atoms with E-state index in [4.69, 9.17) is 4.74 Å². The molecule has 2 aromatic rings. The van der Waals surface area contributed by atoms with Crippen molar-refractivity contribution in [1.29, 1.82) is 0 Å². The van der Waals surface area contributed by atoms with Gasteiger partial charge >= 0.3 is 0 Å². The number of ether oxygens (including phenoxy) is 1. The van der Waals surface area contributed by atoms with Gasteiger partial charge in [-0.1, -0.05) is 0 Å². The third-order valence-electron chi connectivity index (χ3n) is 3.26. The smallest absolute Gasteiger partial charge is 0.191 e. The molecule has 0 aliphatic carbocycles. The number of methoxy groups -OCH3 is 1. The van der Waals surface area contributed by atoms with Crippen LogP contribution in [-0.2, 0) is 20.1 Å². The number of halogens is 1. The molecule has 8 nitrogen and oxygen atoms in total. The quantitative estimate of drug-likeness (QED) is 0.353. The average molecular weight is 446 g/mol. The normalized spacial score (nSPS) is 10.9. The predicted octanol–water partition coefficient (Wildman–Crippen LogP) is 1.40. The van der Waals surface area contributed by atoms with E-state index in [0.717, 1.165) is 12.4 Å². The van der Waals surface area contributed by atoms with Gasteiger partial charge in [0.15, 0.2) is 5.96 Å². The number of guanidine groups is 1. The van der Waals surface area contributed by atoms with Crippen LogP contribution in [0.25, 0.3) is 0 Å². The van der Waals surface area contributed by atoms with Crippen LogP contribution >= 0.6 is 24.0 Å². The Morgan fingerprint density at radius 1 is 1.38 bits per heavy atom. The van der Waals surface area contributed by atoms with Crippen LogP contribution in [0.2, 0.25) is 0 Å². The van der Waals surface area contributed by atoms with Crippen molar-refractivity contribution < 1.29 is 9.84 Å². The second-order valence-electron chi connectivity index (χ2n) is 4.84. The fraction of sp³-hybridized carbons (Fsp3) is 0.400. The van der Waals surface area contributed by atoms with Crippen molar-refractivity contribution in [3.05, 3.63) is 35.9 Å². The molecule has 0 unspecified atom stereocenters. The van der Waals surface area contributed by atoms with Crippen LogP contribution in [0.4, 0.5) is 0 Å². The maximum Gasteiger partial charge on any atom is 0.191 e. The Morgan fingerprint density at radius 3 is 2.79 bits per heavy atom. The third-order valence-corrected chi connectivity index (χ3v) is 3.26. The summed E-state index contributed by atoms with van der Waals surface area (Å²) in [7, 11) is 3.42. The first-order valence-corrected chi connectivity index (χ1v) is 7.35. The molecule has 0 atom stereocenters. The van der Waals surface area contributed by atoms with E-state index in [0.29, 0.717) is 30.4 Å². The summed E-state index contributed by atoms with van der Waals surface area (Å²) in [6, 6.07) is 5.08. The van der Waals surface area contributed by atoms with Crippen LogP contribution in [-0.4, -0.2) is 39.5 Å². The van der Waals surface area contributed by atoms with Gasteiger partial charge in [-0.3, -0.25) is 4.68 Å². The average Bonchev–Trinajstić information content (AvgIpc) is 2.96. The van der Waals surface area contributed by atoms with Crippen LogP contribution in [0.5, 0.6) is 11.5 Å². The van der Waals surface area contributed by atoms with Gasteiger partial charge in [-0.25, -0.2) is 9.98 Å². The second-order valence-corrected chi connectivity index (χ2v) is 4.84. The van der Waals surface area contributed by atoms with E-state index < -0.39 is 0 Å². The minimum Gasteiger partial charge on any atom is -0.508 e. The van der Waals surface area contributed by atoms with Crippen LogP contribution in [0.15, 0.2) is 29.5 Å². The molecule has 0 bridgehead atoms. The van der Waals surface area contributed by atoms with Crippen molar-refractivity contribution >= 4 is 29.9 Å². The van der Waals surface area contributed by atoms with E-state index in [9.17, 15) is 5.11 Å². The number of aromatic nitrogens is 3. The lowest BCUT2D eigenvalue weighted by molar-refractivity contribution is 0.411. The van der Waals surface area contributed by atoms with Gasteiger partial charge in [-0.2, -0.15) is 5.10 Å². The summed E-state index contributed by atoms with van der Waals surface area (Å²) >= 11 is 0. The van der Waals surface area contributed by atoms with E-state index in [-0.39, 0.29) is 29.7 Å². The van der Waals surface area contributed by atoms with Gasteiger partial charge in [0.1, 0.15) is 23.7 Å². The molecule has 2 rings (SSSR count). The first-order chi connectivity index (χ1) is 11.1. The van der Waals surface area contributed by atoms with Gasteiger partial charge in [0.05, 0.1) is 20.2 Å². The Bertz CT molecular complexity index is 674. The maximum atomic E-state index is 9.90. The lowest BCUT2D eigenvalue weighted by atomic mass is 10.2. The monoisotopic (exact) mass is 446 g/mol. The molecule has 0 spiro atoms. The summed E-state index contributed by atoms with van der Waals surface area (Å²) in [4.78, 5) is 8.62. The Labute approximate surface area is 158 Å². The molecule has 0 fully saturated rings. The van der Waals surface area contributed by atoms with E-state index >= 15 is 0 Å². The van der Waals surface area contributed by atoms with E-state index in [1.54, 1.807) is 30.0 Å². The number of rotatable bonds is 6. The molecule has 3 N–H and O–H groups in total. The largest absolute Gasteiger partial charge is 0.508 e. The molecule has 24 heavy (non-hydrogen) atoms. The highest BCUT2D eigenvalue weighted by molar-refractivity contribution is 14.0. The van der Waals surface area contributed by atoms with Gasteiger partial charge in [0.25, 0.3) is 0 Å². The Morgan fingerprint density at radius 2 is 2.17 bits per heavy atom. The number of aryl methyl sites for hydroxylation is 1. The van der Waals surface area contributed by atoms with Gasteiger partial charge in [0, 0.05) is 19.2 Å². The number of benzene rings is 1. The number of hydrogen-bond donors (Lipinski definition) is 3. The fourth-order valence-electron chi connectivity index (χ4n) is 1.96. The first kappa shape index (κ1) is 20.0. The zero-order valence-corrected chi connectivity index (χ0v) is 16.3.